The van der Waals surface area contributed by atoms with Crippen molar-refractivity contribution in [2.24, 2.45) is 11.8 Å². The first-order valence-electron chi connectivity index (χ1n) is 9.22. The molecule has 1 aliphatic heterocycles. The van der Waals surface area contributed by atoms with Crippen LogP contribution in [0, 0.1) is 17.7 Å². The molecule has 0 spiro atoms. The summed E-state index contributed by atoms with van der Waals surface area (Å²) in [6.07, 6.45) is 1.25. The molecule has 0 bridgehead atoms. The van der Waals surface area contributed by atoms with Crippen LogP contribution in [0.5, 0.6) is 0 Å². The van der Waals surface area contributed by atoms with Gasteiger partial charge in [-0.25, -0.2) is 4.39 Å². The number of hydrogen-bond donors (Lipinski definition) is 0. The summed E-state index contributed by atoms with van der Waals surface area (Å²) in [6, 6.07) is 22.4. The molecule has 3 aromatic rings. The maximum Gasteiger partial charge on any atom is 0.123 e. The molecule has 2 aliphatic rings. The number of fused-ring (bicyclic) bond motifs is 2. The summed E-state index contributed by atoms with van der Waals surface area (Å²) in [5, 5.41) is 2.70. The number of likely N-dealkylation sites (tertiary alicyclic amines) is 1. The maximum absolute atomic E-state index is 13.2. The van der Waals surface area contributed by atoms with Crippen LogP contribution >= 0.6 is 0 Å². The van der Waals surface area contributed by atoms with Gasteiger partial charge in [-0.05, 0) is 58.2 Å². The Bertz CT molecular complexity index is 896. The summed E-state index contributed by atoms with van der Waals surface area (Å²) in [7, 11) is 0. The highest BCUT2D eigenvalue weighted by atomic mass is 19.1. The van der Waals surface area contributed by atoms with Crippen LogP contribution in [-0.2, 0) is 6.54 Å². The molecule has 2 fully saturated rings. The predicted molar refractivity (Wildman–Crippen MR) is 100.0 cm³/mol. The van der Waals surface area contributed by atoms with E-state index in [2.05, 4.69) is 47.4 Å². The van der Waals surface area contributed by atoms with Gasteiger partial charge in [-0.3, -0.25) is 4.90 Å². The van der Waals surface area contributed by atoms with Crippen molar-refractivity contribution in [1.82, 2.24) is 4.90 Å². The second kappa shape index (κ2) is 5.96. The van der Waals surface area contributed by atoms with E-state index in [1.165, 1.54) is 34.9 Å². The molecule has 1 aliphatic carbocycles. The first-order chi connectivity index (χ1) is 12.3. The van der Waals surface area contributed by atoms with E-state index < -0.39 is 0 Å². The molecule has 1 saturated heterocycles. The summed E-state index contributed by atoms with van der Waals surface area (Å²) >= 11 is 0. The summed E-state index contributed by atoms with van der Waals surface area (Å²) in [6.45, 7) is 3.39. The van der Waals surface area contributed by atoms with E-state index in [9.17, 15) is 4.39 Å². The van der Waals surface area contributed by atoms with Crippen LogP contribution in [0.1, 0.15) is 23.5 Å². The molecule has 126 valence electrons. The van der Waals surface area contributed by atoms with Crippen LogP contribution in [0.4, 0.5) is 4.39 Å². The number of benzene rings is 3. The standard InChI is InChI=1S/C23H22FN/c24-20-10-8-17(9-11-20)22-12-19-14-25(15-23(19)22)13-18-6-3-5-16-4-1-2-7-21(16)18/h1-11,19,22-23H,12-15H2. The van der Waals surface area contributed by atoms with Crippen molar-refractivity contribution in [1.29, 1.82) is 0 Å². The van der Waals surface area contributed by atoms with Gasteiger partial charge in [0.1, 0.15) is 5.82 Å². The normalized spacial score (nSPS) is 25.7. The van der Waals surface area contributed by atoms with Crippen molar-refractivity contribution in [3.63, 3.8) is 0 Å². The highest BCUT2D eigenvalue weighted by Gasteiger charge is 2.47. The molecule has 3 atom stereocenters. The minimum Gasteiger partial charge on any atom is -0.298 e. The Morgan fingerprint density at radius 1 is 0.880 bits per heavy atom. The molecule has 0 radical (unpaired) electrons. The minimum atomic E-state index is -0.136. The molecule has 25 heavy (non-hydrogen) atoms. The van der Waals surface area contributed by atoms with Gasteiger partial charge in [0, 0.05) is 19.6 Å². The fourth-order valence-electron chi connectivity index (χ4n) is 4.89. The zero-order chi connectivity index (χ0) is 16.8. The van der Waals surface area contributed by atoms with E-state index in [1.807, 2.05) is 12.1 Å². The molecular weight excluding hydrogens is 309 g/mol. The van der Waals surface area contributed by atoms with Gasteiger partial charge in [0.15, 0.2) is 0 Å². The highest BCUT2D eigenvalue weighted by Crippen LogP contribution is 2.51. The third-order valence-corrected chi connectivity index (χ3v) is 6.21. The Morgan fingerprint density at radius 2 is 1.68 bits per heavy atom. The lowest BCUT2D eigenvalue weighted by Gasteiger charge is -2.40. The number of halogens is 1. The van der Waals surface area contributed by atoms with E-state index in [-0.39, 0.29) is 5.82 Å². The lowest BCUT2D eigenvalue weighted by atomic mass is 9.64. The molecule has 0 amide bonds. The summed E-state index contributed by atoms with van der Waals surface area (Å²) < 4.78 is 13.2. The fraction of sp³-hybridized carbons (Fsp3) is 0.304. The van der Waals surface area contributed by atoms with Gasteiger partial charge in [0.05, 0.1) is 0 Å². The van der Waals surface area contributed by atoms with Crippen molar-refractivity contribution in [3.05, 3.63) is 83.7 Å². The van der Waals surface area contributed by atoms with Gasteiger partial charge >= 0.3 is 0 Å². The van der Waals surface area contributed by atoms with E-state index >= 15 is 0 Å². The Kier molecular flexibility index (Phi) is 3.60. The van der Waals surface area contributed by atoms with Crippen LogP contribution in [0.2, 0.25) is 0 Å². The van der Waals surface area contributed by atoms with E-state index in [0.29, 0.717) is 5.92 Å². The van der Waals surface area contributed by atoms with Crippen LogP contribution in [-0.4, -0.2) is 18.0 Å². The van der Waals surface area contributed by atoms with Gasteiger partial charge < -0.3 is 0 Å². The van der Waals surface area contributed by atoms with Gasteiger partial charge in [-0.15, -0.1) is 0 Å². The Hall–Kier alpha value is -2.19. The highest BCUT2D eigenvalue weighted by molar-refractivity contribution is 5.85. The lowest BCUT2D eigenvalue weighted by molar-refractivity contribution is 0.191. The molecule has 3 unspecified atom stereocenters. The van der Waals surface area contributed by atoms with Crippen molar-refractivity contribution < 1.29 is 4.39 Å². The third-order valence-electron chi connectivity index (χ3n) is 6.21. The largest absolute Gasteiger partial charge is 0.298 e. The minimum absolute atomic E-state index is 0.136. The molecule has 1 saturated carbocycles. The molecule has 5 rings (SSSR count). The molecule has 3 aromatic carbocycles. The zero-order valence-corrected chi connectivity index (χ0v) is 14.2. The molecular formula is C23H22FN. The number of nitrogens with zero attached hydrogens (tertiary/aromatic N) is 1. The zero-order valence-electron chi connectivity index (χ0n) is 14.2. The fourth-order valence-corrected chi connectivity index (χ4v) is 4.89. The van der Waals surface area contributed by atoms with Crippen LogP contribution in [0.15, 0.2) is 66.7 Å². The molecule has 2 heteroatoms. The van der Waals surface area contributed by atoms with Crippen molar-refractivity contribution in [2.45, 2.75) is 18.9 Å². The van der Waals surface area contributed by atoms with Crippen molar-refractivity contribution in [2.75, 3.05) is 13.1 Å². The topological polar surface area (TPSA) is 3.24 Å². The van der Waals surface area contributed by atoms with Crippen molar-refractivity contribution >= 4 is 10.8 Å². The quantitative estimate of drug-likeness (QED) is 0.636. The molecule has 1 heterocycles. The second-order valence-corrected chi connectivity index (χ2v) is 7.65. The Labute approximate surface area is 148 Å². The first kappa shape index (κ1) is 15.1. The summed E-state index contributed by atoms with van der Waals surface area (Å²) in [5.74, 6) is 2.03. The average Bonchev–Trinajstić information content (AvgIpc) is 2.93. The predicted octanol–water partition coefficient (Wildman–Crippen LogP) is 5.21. The van der Waals surface area contributed by atoms with Gasteiger partial charge in [-0.2, -0.15) is 0 Å². The number of rotatable bonds is 3. The Morgan fingerprint density at radius 3 is 2.56 bits per heavy atom. The first-order valence-corrected chi connectivity index (χ1v) is 9.22. The maximum atomic E-state index is 13.2. The summed E-state index contributed by atoms with van der Waals surface area (Å²) in [4.78, 5) is 2.61. The van der Waals surface area contributed by atoms with Crippen molar-refractivity contribution in [3.8, 4) is 0 Å². The van der Waals surface area contributed by atoms with Crippen LogP contribution in [0.3, 0.4) is 0 Å². The van der Waals surface area contributed by atoms with E-state index in [0.717, 1.165) is 24.9 Å². The summed E-state index contributed by atoms with van der Waals surface area (Å²) in [5.41, 5.74) is 2.74. The second-order valence-electron chi connectivity index (χ2n) is 7.65. The SMILES string of the molecule is Fc1ccc(C2CC3CN(Cc4cccc5ccccc45)CC32)cc1. The smallest absolute Gasteiger partial charge is 0.123 e. The molecule has 0 N–H and O–H groups in total. The van der Waals surface area contributed by atoms with Gasteiger partial charge in [0.25, 0.3) is 0 Å². The molecule has 1 nitrogen and oxygen atoms in total. The molecule has 0 aromatic heterocycles. The lowest BCUT2D eigenvalue weighted by Crippen LogP contribution is -2.33. The third kappa shape index (κ3) is 2.65. The average molecular weight is 331 g/mol. The monoisotopic (exact) mass is 331 g/mol. The Balaban J connectivity index is 1.32. The van der Waals surface area contributed by atoms with Gasteiger partial charge in [-0.1, -0.05) is 54.6 Å². The van der Waals surface area contributed by atoms with E-state index in [4.69, 9.17) is 0 Å². The van der Waals surface area contributed by atoms with Gasteiger partial charge in [0.2, 0.25) is 0 Å². The van der Waals surface area contributed by atoms with E-state index in [1.54, 1.807) is 12.1 Å². The van der Waals surface area contributed by atoms with Crippen LogP contribution in [0.25, 0.3) is 10.8 Å². The number of hydrogen-bond acceptors (Lipinski definition) is 1. The van der Waals surface area contributed by atoms with Crippen LogP contribution < -0.4 is 0 Å².